The largest absolute Gasteiger partial charge is 0.326 e. The second-order valence-corrected chi connectivity index (χ2v) is 7.34. The fourth-order valence-corrected chi connectivity index (χ4v) is 3.35. The average molecular weight is 349 g/mol. The average Bonchev–Trinajstić information content (AvgIpc) is 2.86. The molecule has 0 fully saturated rings. The van der Waals surface area contributed by atoms with E-state index in [1.165, 1.54) is 16.6 Å². The molecule has 0 atom stereocenters. The first-order valence-electron chi connectivity index (χ1n) is 9.25. The van der Waals surface area contributed by atoms with Crippen molar-refractivity contribution < 1.29 is 4.79 Å². The first kappa shape index (κ1) is 18.2. The Morgan fingerprint density at radius 2 is 1.85 bits per heavy atom. The molecule has 0 aliphatic rings. The SMILES string of the molecule is Cc1nn(CC(C)C)c(C)c1CCC(=O)Nc1ccc2ccccc2c1. The first-order chi connectivity index (χ1) is 12.4. The number of nitrogens with one attached hydrogen (secondary N) is 1. The van der Waals surface area contributed by atoms with Gasteiger partial charge >= 0.3 is 0 Å². The van der Waals surface area contributed by atoms with Gasteiger partial charge in [-0.3, -0.25) is 9.48 Å². The first-order valence-corrected chi connectivity index (χ1v) is 9.25. The molecule has 1 amide bonds. The van der Waals surface area contributed by atoms with Crippen LogP contribution in [-0.2, 0) is 17.8 Å². The second kappa shape index (κ2) is 7.73. The van der Waals surface area contributed by atoms with Gasteiger partial charge in [-0.2, -0.15) is 5.10 Å². The molecule has 4 nitrogen and oxygen atoms in total. The van der Waals surface area contributed by atoms with Gasteiger partial charge in [-0.1, -0.05) is 44.2 Å². The fraction of sp³-hybridized carbons (Fsp3) is 0.364. The number of benzene rings is 2. The summed E-state index contributed by atoms with van der Waals surface area (Å²) in [7, 11) is 0. The zero-order valence-electron chi connectivity index (χ0n) is 16.0. The number of carbonyl (C=O) groups is 1. The number of aryl methyl sites for hydroxylation is 1. The van der Waals surface area contributed by atoms with Crippen molar-refractivity contribution in [3.63, 3.8) is 0 Å². The summed E-state index contributed by atoms with van der Waals surface area (Å²) in [4.78, 5) is 12.4. The van der Waals surface area contributed by atoms with Crippen molar-refractivity contribution in [3.05, 3.63) is 59.4 Å². The monoisotopic (exact) mass is 349 g/mol. The summed E-state index contributed by atoms with van der Waals surface area (Å²) in [5.41, 5.74) is 4.24. The third kappa shape index (κ3) is 4.13. The van der Waals surface area contributed by atoms with Crippen molar-refractivity contribution in [3.8, 4) is 0 Å². The molecule has 0 bridgehead atoms. The van der Waals surface area contributed by atoms with Gasteiger partial charge < -0.3 is 5.32 Å². The minimum atomic E-state index is 0.0377. The van der Waals surface area contributed by atoms with E-state index in [4.69, 9.17) is 0 Å². The molecule has 0 radical (unpaired) electrons. The summed E-state index contributed by atoms with van der Waals surface area (Å²) >= 11 is 0. The molecule has 2 aromatic carbocycles. The normalized spacial score (nSPS) is 11.3. The highest BCUT2D eigenvalue weighted by atomic mass is 16.1. The maximum Gasteiger partial charge on any atom is 0.224 e. The van der Waals surface area contributed by atoms with Gasteiger partial charge in [0.1, 0.15) is 0 Å². The summed E-state index contributed by atoms with van der Waals surface area (Å²) in [5.74, 6) is 0.591. The zero-order chi connectivity index (χ0) is 18.7. The molecule has 3 rings (SSSR count). The highest BCUT2D eigenvalue weighted by Gasteiger charge is 2.14. The lowest BCUT2D eigenvalue weighted by atomic mass is 10.1. The van der Waals surface area contributed by atoms with Crippen LogP contribution in [-0.4, -0.2) is 15.7 Å². The van der Waals surface area contributed by atoms with Crippen molar-refractivity contribution in [1.29, 1.82) is 0 Å². The number of hydrogen-bond donors (Lipinski definition) is 1. The van der Waals surface area contributed by atoms with E-state index in [0.717, 1.165) is 29.7 Å². The number of fused-ring (bicyclic) bond motifs is 1. The molecule has 0 spiro atoms. The van der Waals surface area contributed by atoms with Gasteiger partial charge in [-0.25, -0.2) is 0 Å². The van der Waals surface area contributed by atoms with Crippen LogP contribution in [0, 0.1) is 19.8 Å². The molecule has 1 heterocycles. The third-order valence-electron chi connectivity index (χ3n) is 4.70. The van der Waals surface area contributed by atoms with Crippen LogP contribution < -0.4 is 5.32 Å². The van der Waals surface area contributed by atoms with Crippen LogP contribution in [0.4, 0.5) is 5.69 Å². The van der Waals surface area contributed by atoms with Gasteiger partial charge in [0, 0.05) is 24.3 Å². The molecule has 0 unspecified atom stereocenters. The third-order valence-corrected chi connectivity index (χ3v) is 4.70. The van der Waals surface area contributed by atoms with Gasteiger partial charge in [-0.15, -0.1) is 0 Å². The van der Waals surface area contributed by atoms with E-state index in [0.29, 0.717) is 12.3 Å². The molecule has 0 aliphatic carbocycles. The number of nitrogens with zero attached hydrogens (tertiary/aromatic N) is 2. The smallest absolute Gasteiger partial charge is 0.224 e. The Balaban J connectivity index is 1.64. The van der Waals surface area contributed by atoms with Crippen molar-refractivity contribution in [1.82, 2.24) is 9.78 Å². The molecule has 0 saturated heterocycles. The summed E-state index contributed by atoms with van der Waals surface area (Å²) < 4.78 is 2.07. The van der Waals surface area contributed by atoms with E-state index in [-0.39, 0.29) is 5.91 Å². The van der Waals surface area contributed by atoms with Crippen molar-refractivity contribution >= 4 is 22.4 Å². The highest BCUT2D eigenvalue weighted by Crippen LogP contribution is 2.20. The number of hydrogen-bond acceptors (Lipinski definition) is 2. The van der Waals surface area contributed by atoms with Crippen LogP contribution in [0.3, 0.4) is 0 Å². The van der Waals surface area contributed by atoms with Crippen molar-refractivity contribution in [2.75, 3.05) is 5.32 Å². The molecule has 136 valence electrons. The van der Waals surface area contributed by atoms with Crippen molar-refractivity contribution in [2.24, 2.45) is 5.92 Å². The summed E-state index contributed by atoms with van der Waals surface area (Å²) in [6.45, 7) is 9.41. The van der Waals surface area contributed by atoms with Gasteiger partial charge in [0.2, 0.25) is 5.91 Å². The topological polar surface area (TPSA) is 46.9 Å². The number of amides is 1. The minimum Gasteiger partial charge on any atom is -0.326 e. The highest BCUT2D eigenvalue weighted by molar-refractivity contribution is 5.94. The molecular formula is C22H27N3O. The lowest BCUT2D eigenvalue weighted by Crippen LogP contribution is -2.13. The van der Waals surface area contributed by atoms with Gasteiger partial charge in [0.25, 0.3) is 0 Å². The molecule has 0 saturated carbocycles. The second-order valence-electron chi connectivity index (χ2n) is 7.34. The molecule has 1 aromatic heterocycles. The van der Waals surface area contributed by atoms with E-state index < -0.39 is 0 Å². The Bertz CT molecular complexity index is 924. The molecule has 4 heteroatoms. The lowest BCUT2D eigenvalue weighted by molar-refractivity contribution is -0.116. The van der Waals surface area contributed by atoms with Gasteiger partial charge in [-0.05, 0) is 54.7 Å². The number of rotatable bonds is 6. The minimum absolute atomic E-state index is 0.0377. The van der Waals surface area contributed by atoms with Crippen LogP contribution >= 0.6 is 0 Å². The Kier molecular flexibility index (Phi) is 5.40. The van der Waals surface area contributed by atoms with Gasteiger partial charge in [0.05, 0.1) is 5.69 Å². The maximum absolute atomic E-state index is 12.4. The number of anilines is 1. The van der Waals surface area contributed by atoms with Gasteiger partial charge in [0.15, 0.2) is 0 Å². The number of carbonyl (C=O) groups excluding carboxylic acids is 1. The fourth-order valence-electron chi connectivity index (χ4n) is 3.35. The van der Waals surface area contributed by atoms with E-state index >= 15 is 0 Å². The molecule has 3 aromatic rings. The van der Waals surface area contributed by atoms with Crippen LogP contribution in [0.5, 0.6) is 0 Å². The van der Waals surface area contributed by atoms with E-state index in [1.807, 2.05) is 37.3 Å². The van der Waals surface area contributed by atoms with E-state index in [1.54, 1.807) is 0 Å². The van der Waals surface area contributed by atoms with Crippen LogP contribution in [0.25, 0.3) is 10.8 Å². The van der Waals surface area contributed by atoms with E-state index in [9.17, 15) is 4.79 Å². The summed E-state index contributed by atoms with van der Waals surface area (Å²) in [5, 5.41) is 9.95. The Morgan fingerprint density at radius 3 is 2.58 bits per heavy atom. The molecule has 0 aliphatic heterocycles. The Morgan fingerprint density at radius 1 is 1.12 bits per heavy atom. The quantitative estimate of drug-likeness (QED) is 0.689. The predicted molar refractivity (Wildman–Crippen MR) is 107 cm³/mol. The van der Waals surface area contributed by atoms with Crippen molar-refractivity contribution in [2.45, 2.75) is 47.1 Å². The van der Waals surface area contributed by atoms with Crippen LogP contribution in [0.1, 0.15) is 37.2 Å². The predicted octanol–water partition coefficient (Wildman–Crippen LogP) is 4.88. The summed E-state index contributed by atoms with van der Waals surface area (Å²) in [6, 6.07) is 14.2. The lowest BCUT2D eigenvalue weighted by Gasteiger charge is -2.09. The van der Waals surface area contributed by atoms with E-state index in [2.05, 4.69) is 48.0 Å². The zero-order valence-corrected chi connectivity index (χ0v) is 16.0. The summed E-state index contributed by atoms with van der Waals surface area (Å²) in [6.07, 6.45) is 1.18. The molecule has 26 heavy (non-hydrogen) atoms. The Hall–Kier alpha value is -2.62. The maximum atomic E-state index is 12.4. The molecule has 1 N–H and O–H groups in total. The Labute approximate surface area is 155 Å². The van der Waals surface area contributed by atoms with Crippen LogP contribution in [0.2, 0.25) is 0 Å². The van der Waals surface area contributed by atoms with Crippen LogP contribution in [0.15, 0.2) is 42.5 Å². The standard InChI is InChI=1S/C22H27N3O/c1-15(2)14-25-17(4)21(16(3)24-25)11-12-22(26)23-20-10-9-18-7-5-6-8-19(18)13-20/h5-10,13,15H,11-12,14H2,1-4H3,(H,23,26). The molecular weight excluding hydrogens is 322 g/mol. The number of aromatic nitrogens is 2.